The fourth-order valence-corrected chi connectivity index (χ4v) is 11.4. The third-order valence-corrected chi connectivity index (χ3v) is 11.8. The van der Waals surface area contributed by atoms with Crippen LogP contribution in [0.5, 0.6) is 0 Å². The van der Waals surface area contributed by atoms with Crippen molar-refractivity contribution in [3.63, 3.8) is 0 Å². The fourth-order valence-electron chi connectivity index (χ4n) is 8.74. The summed E-state index contributed by atoms with van der Waals surface area (Å²) in [5.74, 6) is 4.70. The summed E-state index contributed by atoms with van der Waals surface area (Å²) in [5.41, 5.74) is 2.36. The van der Waals surface area contributed by atoms with Crippen LogP contribution >= 0.6 is 31.9 Å². The van der Waals surface area contributed by atoms with Gasteiger partial charge in [-0.2, -0.15) is 0 Å². The Morgan fingerprint density at radius 2 is 1.80 bits per heavy atom. The standard InChI is InChI=1S/C27H44Br2O/c1-17(2)7-6-8-18(3)24-26(5)14-12-22-21(23(26)16-27(24,28)29)10-9-19-15-20(30)11-13-25(19,22)4/h9,17-18,20-24,30H,6-8,10-16H2,1-5H3/t18-,20+,21-,22+,23+,24-,25+,26+/m1/s1. The Kier molecular flexibility index (Phi) is 6.71. The summed E-state index contributed by atoms with van der Waals surface area (Å²) in [5, 5.41) is 10.3. The summed E-state index contributed by atoms with van der Waals surface area (Å²) in [7, 11) is 0. The summed E-state index contributed by atoms with van der Waals surface area (Å²) in [6, 6.07) is 0. The van der Waals surface area contributed by atoms with Crippen molar-refractivity contribution in [2.24, 2.45) is 46.3 Å². The van der Waals surface area contributed by atoms with Gasteiger partial charge in [0.2, 0.25) is 0 Å². The Morgan fingerprint density at radius 1 is 1.07 bits per heavy atom. The van der Waals surface area contributed by atoms with Crippen LogP contribution in [0.15, 0.2) is 11.6 Å². The van der Waals surface area contributed by atoms with Crippen LogP contribution in [-0.4, -0.2) is 14.4 Å². The van der Waals surface area contributed by atoms with E-state index in [4.69, 9.17) is 0 Å². The molecule has 0 saturated heterocycles. The highest BCUT2D eigenvalue weighted by Crippen LogP contribution is 2.72. The van der Waals surface area contributed by atoms with Gasteiger partial charge in [-0.05, 0) is 91.3 Å². The summed E-state index contributed by atoms with van der Waals surface area (Å²) >= 11 is 8.46. The Labute approximate surface area is 202 Å². The predicted octanol–water partition coefficient (Wildman–Crippen LogP) is 8.48. The van der Waals surface area contributed by atoms with Crippen LogP contribution in [0.4, 0.5) is 0 Å². The molecule has 8 atom stereocenters. The molecule has 0 heterocycles. The third-order valence-electron chi connectivity index (χ3n) is 10.2. The molecule has 3 fully saturated rings. The van der Waals surface area contributed by atoms with Crippen LogP contribution in [0.1, 0.15) is 98.8 Å². The van der Waals surface area contributed by atoms with E-state index in [-0.39, 0.29) is 9.34 Å². The lowest BCUT2D eigenvalue weighted by Gasteiger charge is -2.58. The van der Waals surface area contributed by atoms with Crippen LogP contribution in [0.2, 0.25) is 0 Å². The molecular formula is C27H44Br2O. The van der Waals surface area contributed by atoms with Crippen LogP contribution in [0.25, 0.3) is 0 Å². The van der Waals surface area contributed by atoms with Gasteiger partial charge in [0.1, 0.15) is 0 Å². The Balaban J connectivity index is 1.58. The zero-order valence-electron chi connectivity index (χ0n) is 19.9. The lowest BCUT2D eigenvalue weighted by Crippen LogP contribution is -2.51. The molecule has 0 spiro atoms. The van der Waals surface area contributed by atoms with Gasteiger partial charge in [0, 0.05) is 0 Å². The van der Waals surface area contributed by atoms with Gasteiger partial charge in [0.15, 0.2) is 0 Å². The molecule has 0 aliphatic heterocycles. The zero-order chi connectivity index (χ0) is 21.9. The van der Waals surface area contributed by atoms with Gasteiger partial charge in [-0.25, -0.2) is 0 Å². The number of aliphatic hydroxyl groups is 1. The molecule has 0 aromatic rings. The van der Waals surface area contributed by atoms with Gasteiger partial charge >= 0.3 is 0 Å². The molecule has 4 rings (SSSR count). The molecule has 0 aromatic heterocycles. The molecular weight excluding hydrogens is 500 g/mol. The second kappa shape index (κ2) is 8.46. The van der Waals surface area contributed by atoms with Gasteiger partial charge in [-0.15, -0.1) is 0 Å². The molecule has 0 amide bonds. The maximum Gasteiger partial charge on any atom is 0.0844 e. The van der Waals surface area contributed by atoms with Crippen molar-refractivity contribution in [3.05, 3.63) is 11.6 Å². The van der Waals surface area contributed by atoms with Crippen LogP contribution < -0.4 is 0 Å². The molecule has 30 heavy (non-hydrogen) atoms. The second-order valence-electron chi connectivity index (χ2n) is 12.4. The van der Waals surface area contributed by atoms with Gasteiger partial charge < -0.3 is 5.11 Å². The normalized spacial score (nSPS) is 46.0. The van der Waals surface area contributed by atoms with Gasteiger partial charge in [0.05, 0.1) is 9.34 Å². The number of rotatable bonds is 5. The van der Waals surface area contributed by atoms with E-state index < -0.39 is 0 Å². The first-order valence-electron chi connectivity index (χ1n) is 12.7. The first-order valence-corrected chi connectivity index (χ1v) is 14.3. The summed E-state index contributed by atoms with van der Waals surface area (Å²) in [6.45, 7) is 12.4. The van der Waals surface area contributed by atoms with Crippen molar-refractivity contribution in [2.75, 3.05) is 0 Å². The molecule has 0 unspecified atom stereocenters. The average Bonchev–Trinajstić information content (AvgIpc) is 2.87. The highest BCUT2D eigenvalue weighted by atomic mass is 79.9. The average molecular weight is 544 g/mol. The quantitative estimate of drug-likeness (QED) is 0.272. The topological polar surface area (TPSA) is 20.2 Å². The number of hydrogen-bond donors (Lipinski definition) is 1. The number of hydrogen-bond acceptors (Lipinski definition) is 1. The van der Waals surface area contributed by atoms with E-state index in [9.17, 15) is 5.11 Å². The number of alkyl halides is 2. The predicted molar refractivity (Wildman–Crippen MR) is 135 cm³/mol. The van der Waals surface area contributed by atoms with Crippen molar-refractivity contribution >= 4 is 31.9 Å². The number of aliphatic hydroxyl groups excluding tert-OH is 1. The number of fused-ring (bicyclic) bond motifs is 5. The van der Waals surface area contributed by atoms with Crippen molar-refractivity contribution in [3.8, 4) is 0 Å². The number of halogens is 2. The van der Waals surface area contributed by atoms with Gasteiger partial charge in [-0.3, -0.25) is 0 Å². The highest BCUT2D eigenvalue weighted by Gasteiger charge is 2.65. The van der Waals surface area contributed by atoms with E-state index in [0.717, 1.165) is 42.4 Å². The monoisotopic (exact) mass is 542 g/mol. The third kappa shape index (κ3) is 3.93. The molecule has 3 saturated carbocycles. The Hall–Kier alpha value is 0.660. The molecule has 3 heteroatoms. The minimum absolute atomic E-state index is 0.0964. The van der Waals surface area contributed by atoms with Crippen LogP contribution in [0.3, 0.4) is 0 Å². The summed E-state index contributed by atoms with van der Waals surface area (Å²) in [4.78, 5) is 0. The van der Waals surface area contributed by atoms with Crippen molar-refractivity contribution in [2.45, 2.75) is 108 Å². The molecule has 0 aromatic carbocycles. The number of allylic oxidation sites excluding steroid dienone is 1. The van der Waals surface area contributed by atoms with E-state index in [1.807, 2.05) is 0 Å². The molecule has 1 N–H and O–H groups in total. The Bertz CT molecular complexity index is 670. The fraction of sp³-hybridized carbons (Fsp3) is 0.926. The van der Waals surface area contributed by atoms with Crippen molar-refractivity contribution < 1.29 is 5.11 Å². The highest BCUT2D eigenvalue weighted by molar-refractivity contribution is 9.25. The van der Waals surface area contributed by atoms with E-state index in [0.29, 0.717) is 16.7 Å². The van der Waals surface area contributed by atoms with Crippen LogP contribution in [0, 0.1) is 46.3 Å². The van der Waals surface area contributed by atoms with Gasteiger partial charge in [-0.1, -0.05) is 97.4 Å². The van der Waals surface area contributed by atoms with Crippen LogP contribution in [-0.2, 0) is 0 Å². The second-order valence-corrected chi connectivity index (χ2v) is 16.3. The minimum atomic E-state index is -0.102. The lowest BCUT2D eigenvalue weighted by atomic mass is 9.47. The molecule has 0 radical (unpaired) electrons. The van der Waals surface area contributed by atoms with Crippen molar-refractivity contribution in [1.82, 2.24) is 0 Å². The molecule has 0 bridgehead atoms. The molecule has 1 nitrogen and oxygen atoms in total. The largest absolute Gasteiger partial charge is 0.393 e. The molecule has 172 valence electrons. The zero-order valence-corrected chi connectivity index (χ0v) is 23.1. The summed E-state index contributed by atoms with van der Waals surface area (Å²) in [6.07, 6.45) is 14.9. The molecule has 4 aliphatic carbocycles. The maximum absolute atomic E-state index is 10.3. The van der Waals surface area contributed by atoms with E-state index in [2.05, 4.69) is 72.6 Å². The summed E-state index contributed by atoms with van der Waals surface area (Å²) < 4.78 is 0.0964. The Morgan fingerprint density at radius 3 is 2.50 bits per heavy atom. The molecule has 4 aliphatic rings. The van der Waals surface area contributed by atoms with E-state index >= 15 is 0 Å². The maximum atomic E-state index is 10.3. The lowest BCUT2D eigenvalue weighted by molar-refractivity contribution is -0.0572. The van der Waals surface area contributed by atoms with Crippen molar-refractivity contribution in [1.29, 1.82) is 0 Å². The SMILES string of the molecule is CC(C)CCC[C@@H](C)[C@H]1C(Br)(Br)C[C@H]2[C@@H]3CC=C4C[C@@H](O)CC[C@]4(C)[C@H]3CC[C@@]21C. The first-order chi connectivity index (χ1) is 14.0. The first kappa shape index (κ1) is 23.8. The van der Waals surface area contributed by atoms with Gasteiger partial charge in [0.25, 0.3) is 0 Å². The smallest absolute Gasteiger partial charge is 0.0844 e. The van der Waals surface area contributed by atoms with E-state index in [1.54, 1.807) is 5.57 Å². The van der Waals surface area contributed by atoms with E-state index in [1.165, 1.54) is 51.4 Å². The minimum Gasteiger partial charge on any atom is -0.393 e.